The highest BCUT2D eigenvalue weighted by atomic mass is 16.5. The molecule has 0 aromatic heterocycles. The zero-order valence-electron chi connectivity index (χ0n) is 17.8. The fourth-order valence-electron chi connectivity index (χ4n) is 3.55. The monoisotopic (exact) mass is 409 g/mol. The van der Waals surface area contributed by atoms with Crippen LogP contribution in [0.2, 0.25) is 0 Å². The van der Waals surface area contributed by atoms with E-state index in [1.54, 1.807) is 30.1 Å². The molecule has 0 fully saturated rings. The number of carbonyl (C=O) groups excluding carboxylic acids is 3. The normalized spacial score (nSPS) is 15.7. The maximum Gasteiger partial charge on any atom is 0.260 e. The Labute approximate surface area is 176 Å². The molecule has 1 aliphatic heterocycles. The van der Waals surface area contributed by atoms with Crippen LogP contribution in [0.25, 0.3) is 0 Å². The number of anilines is 2. The summed E-state index contributed by atoms with van der Waals surface area (Å²) in [7, 11) is 1.57. The molecule has 0 saturated heterocycles. The topological polar surface area (TPSA) is 79.0 Å². The van der Waals surface area contributed by atoms with E-state index >= 15 is 0 Å². The average molecular weight is 409 g/mol. The van der Waals surface area contributed by atoms with E-state index in [2.05, 4.69) is 5.32 Å². The Bertz CT molecular complexity index is 973. The summed E-state index contributed by atoms with van der Waals surface area (Å²) in [4.78, 5) is 40.6. The predicted octanol–water partition coefficient (Wildman–Crippen LogP) is 2.90. The van der Waals surface area contributed by atoms with Crippen molar-refractivity contribution in [3.05, 3.63) is 53.6 Å². The highest BCUT2D eigenvalue weighted by Gasteiger charge is 2.30. The van der Waals surface area contributed by atoms with Gasteiger partial charge < -0.3 is 19.9 Å². The van der Waals surface area contributed by atoms with Gasteiger partial charge in [-0.1, -0.05) is 29.8 Å². The van der Waals surface area contributed by atoms with Crippen LogP contribution < -0.4 is 15.0 Å². The number of aryl methyl sites for hydroxylation is 2. The molecule has 2 aromatic carbocycles. The lowest BCUT2D eigenvalue weighted by Gasteiger charge is -2.29. The number of nitrogens with zero attached hydrogens (tertiary/aromatic N) is 2. The van der Waals surface area contributed by atoms with Crippen LogP contribution >= 0.6 is 0 Å². The highest BCUT2D eigenvalue weighted by Crippen LogP contribution is 2.31. The molecule has 0 saturated carbocycles. The number of amides is 3. The number of para-hydroxylation sites is 2. The molecular weight excluding hydrogens is 382 g/mol. The van der Waals surface area contributed by atoms with Gasteiger partial charge in [-0.05, 0) is 44.5 Å². The number of hydrogen-bond donors (Lipinski definition) is 1. The molecule has 1 aliphatic rings. The van der Waals surface area contributed by atoms with Crippen molar-refractivity contribution in [3.63, 3.8) is 0 Å². The lowest BCUT2D eigenvalue weighted by Crippen LogP contribution is -2.46. The number of hydrogen-bond acceptors (Lipinski definition) is 4. The lowest BCUT2D eigenvalue weighted by molar-refractivity contribution is -0.135. The van der Waals surface area contributed by atoms with Gasteiger partial charge in [-0.3, -0.25) is 14.4 Å². The van der Waals surface area contributed by atoms with Crippen molar-refractivity contribution in [1.29, 1.82) is 0 Å². The minimum atomic E-state index is -0.323. The predicted molar refractivity (Wildman–Crippen MR) is 116 cm³/mol. The first-order valence-corrected chi connectivity index (χ1v) is 9.91. The summed E-state index contributed by atoms with van der Waals surface area (Å²) in [5.41, 5.74) is 3.29. The van der Waals surface area contributed by atoms with Gasteiger partial charge in [0, 0.05) is 19.5 Å². The van der Waals surface area contributed by atoms with Crippen molar-refractivity contribution >= 4 is 29.1 Å². The summed E-state index contributed by atoms with van der Waals surface area (Å²) in [6, 6.07) is 12.6. The van der Waals surface area contributed by atoms with E-state index in [9.17, 15) is 14.4 Å². The third-order valence-electron chi connectivity index (χ3n) is 5.11. The van der Waals surface area contributed by atoms with Gasteiger partial charge in [0.25, 0.3) is 5.91 Å². The molecule has 30 heavy (non-hydrogen) atoms. The minimum Gasteiger partial charge on any atom is -0.484 e. The molecule has 0 aliphatic carbocycles. The summed E-state index contributed by atoms with van der Waals surface area (Å²) in [5.74, 6) is -0.0491. The number of likely N-dealkylation sites (N-methyl/N-ethyl adjacent to an activating group) is 1. The third-order valence-corrected chi connectivity index (χ3v) is 5.11. The van der Waals surface area contributed by atoms with Crippen LogP contribution in [0.15, 0.2) is 42.5 Å². The van der Waals surface area contributed by atoms with Gasteiger partial charge in [0.1, 0.15) is 5.75 Å². The number of nitrogens with one attached hydrogen (secondary N) is 1. The maximum atomic E-state index is 13.1. The first kappa shape index (κ1) is 21.4. The Hall–Kier alpha value is -3.35. The Morgan fingerprint density at radius 3 is 2.67 bits per heavy atom. The Morgan fingerprint density at radius 2 is 1.93 bits per heavy atom. The number of benzene rings is 2. The molecule has 7 nitrogen and oxygen atoms in total. The molecule has 158 valence electrons. The van der Waals surface area contributed by atoms with E-state index in [0.29, 0.717) is 17.1 Å². The van der Waals surface area contributed by atoms with Crippen LogP contribution in [0.3, 0.4) is 0 Å². The second-order valence-electron chi connectivity index (χ2n) is 7.69. The molecule has 0 bridgehead atoms. The van der Waals surface area contributed by atoms with Crippen LogP contribution in [0.1, 0.15) is 24.5 Å². The minimum absolute atomic E-state index is 0.109. The quantitative estimate of drug-likeness (QED) is 0.824. The van der Waals surface area contributed by atoms with Gasteiger partial charge in [-0.15, -0.1) is 0 Å². The molecule has 2 aromatic rings. The number of ether oxygens (including phenoxy) is 1. The average Bonchev–Trinajstić information content (AvgIpc) is 2.81. The van der Waals surface area contributed by atoms with Crippen molar-refractivity contribution < 1.29 is 19.1 Å². The van der Waals surface area contributed by atoms with Gasteiger partial charge >= 0.3 is 0 Å². The summed E-state index contributed by atoms with van der Waals surface area (Å²) < 4.78 is 5.64. The van der Waals surface area contributed by atoms with Crippen LogP contribution in [0.4, 0.5) is 11.4 Å². The number of rotatable bonds is 5. The Morgan fingerprint density at radius 1 is 1.20 bits per heavy atom. The largest absolute Gasteiger partial charge is 0.484 e. The molecule has 7 heteroatoms. The van der Waals surface area contributed by atoms with Crippen molar-refractivity contribution in [2.75, 3.05) is 30.4 Å². The standard InChI is InChI=1S/C23H27N3O4/c1-15-9-10-20(16(2)11-15)30-14-23(29)25(4)13-22(28)26-17(3)12-21(27)24-18-7-5-6-8-19(18)26/h5-11,17H,12-14H2,1-4H3,(H,24,27)/t17-/m0/s1. The fraction of sp³-hybridized carbons (Fsp3) is 0.348. The number of fused-ring (bicyclic) bond motifs is 1. The molecule has 1 atom stereocenters. The molecule has 0 radical (unpaired) electrons. The van der Waals surface area contributed by atoms with Gasteiger partial charge in [0.05, 0.1) is 17.9 Å². The Kier molecular flexibility index (Phi) is 6.40. The van der Waals surface area contributed by atoms with Gasteiger partial charge in [0.15, 0.2) is 6.61 Å². The lowest BCUT2D eigenvalue weighted by atomic mass is 10.1. The zero-order chi connectivity index (χ0) is 21.8. The molecular formula is C23H27N3O4. The first-order chi connectivity index (χ1) is 14.3. The van der Waals surface area contributed by atoms with E-state index in [4.69, 9.17) is 4.74 Å². The van der Waals surface area contributed by atoms with E-state index in [1.807, 2.05) is 45.0 Å². The maximum absolute atomic E-state index is 13.1. The SMILES string of the molecule is Cc1ccc(OCC(=O)N(C)CC(=O)N2c3ccccc3NC(=O)C[C@@H]2C)c(C)c1. The second kappa shape index (κ2) is 8.98. The van der Waals surface area contributed by atoms with Crippen molar-refractivity contribution in [1.82, 2.24) is 4.90 Å². The van der Waals surface area contributed by atoms with Crippen LogP contribution in [-0.2, 0) is 14.4 Å². The summed E-state index contributed by atoms with van der Waals surface area (Å²) in [6.07, 6.45) is 0.188. The number of carbonyl (C=O) groups is 3. The second-order valence-corrected chi connectivity index (χ2v) is 7.69. The molecule has 3 amide bonds. The highest BCUT2D eigenvalue weighted by molar-refractivity contribution is 6.05. The van der Waals surface area contributed by atoms with E-state index in [-0.39, 0.29) is 43.3 Å². The molecule has 0 unspecified atom stereocenters. The molecule has 1 N–H and O–H groups in total. The molecule has 1 heterocycles. The summed E-state index contributed by atoms with van der Waals surface area (Å²) >= 11 is 0. The van der Waals surface area contributed by atoms with E-state index in [0.717, 1.165) is 11.1 Å². The van der Waals surface area contributed by atoms with Crippen molar-refractivity contribution in [2.24, 2.45) is 0 Å². The van der Waals surface area contributed by atoms with Gasteiger partial charge in [-0.25, -0.2) is 0 Å². The van der Waals surface area contributed by atoms with Crippen LogP contribution in [-0.4, -0.2) is 48.9 Å². The Balaban J connectivity index is 1.67. The molecule has 3 rings (SSSR count). The van der Waals surface area contributed by atoms with Crippen LogP contribution in [0.5, 0.6) is 5.75 Å². The van der Waals surface area contributed by atoms with Crippen molar-refractivity contribution in [2.45, 2.75) is 33.2 Å². The van der Waals surface area contributed by atoms with Crippen molar-refractivity contribution in [3.8, 4) is 5.75 Å². The molecule has 0 spiro atoms. The summed E-state index contributed by atoms with van der Waals surface area (Å²) in [6.45, 7) is 5.48. The van der Waals surface area contributed by atoms with Gasteiger partial charge in [-0.2, -0.15) is 0 Å². The zero-order valence-corrected chi connectivity index (χ0v) is 17.8. The smallest absolute Gasteiger partial charge is 0.260 e. The van der Waals surface area contributed by atoms with Crippen LogP contribution in [0, 0.1) is 13.8 Å². The van der Waals surface area contributed by atoms with Gasteiger partial charge in [0.2, 0.25) is 11.8 Å². The van der Waals surface area contributed by atoms with E-state index < -0.39 is 0 Å². The van der Waals surface area contributed by atoms with E-state index in [1.165, 1.54) is 4.90 Å². The fourth-order valence-corrected chi connectivity index (χ4v) is 3.55. The summed E-state index contributed by atoms with van der Waals surface area (Å²) in [5, 5.41) is 2.83. The first-order valence-electron chi connectivity index (χ1n) is 9.91. The third kappa shape index (κ3) is 4.79.